The normalized spacial score (nSPS) is 16.5. The van der Waals surface area contributed by atoms with Crippen LogP contribution in [0.2, 0.25) is 0 Å². The smallest absolute Gasteiger partial charge is 0.336 e. The summed E-state index contributed by atoms with van der Waals surface area (Å²) >= 11 is 1.26. The summed E-state index contributed by atoms with van der Waals surface area (Å²) in [6.45, 7) is 0.748. The fraction of sp³-hybridized carbons (Fsp3) is 0.190. The molecule has 1 fully saturated rings. The quantitative estimate of drug-likeness (QED) is 0.616. The number of halogens is 3. The summed E-state index contributed by atoms with van der Waals surface area (Å²) in [5.41, 5.74) is 0.932. The molecule has 0 spiro atoms. The lowest BCUT2D eigenvalue weighted by molar-refractivity contribution is 0.0697. The molecule has 3 nitrogen and oxygen atoms in total. The molecule has 144 valence electrons. The topological polar surface area (TPSA) is 40.5 Å². The Balaban J connectivity index is 1.93. The molecule has 3 aromatic rings. The maximum absolute atomic E-state index is 14.5. The van der Waals surface area contributed by atoms with Gasteiger partial charge in [0.05, 0.1) is 10.6 Å². The third kappa shape index (κ3) is 3.26. The molecule has 1 aliphatic rings. The highest BCUT2D eigenvalue weighted by atomic mass is 32.1. The van der Waals surface area contributed by atoms with Crippen molar-refractivity contribution in [1.82, 2.24) is 0 Å². The molecule has 1 aromatic heterocycles. The molecule has 7 heteroatoms. The maximum atomic E-state index is 14.5. The van der Waals surface area contributed by atoms with Gasteiger partial charge in [-0.3, -0.25) is 0 Å². The second kappa shape index (κ2) is 7.31. The molecular weight excluding hydrogens is 387 g/mol. The molecule has 0 unspecified atom stereocenters. The summed E-state index contributed by atoms with van der Waals surface area (Å²) in [4.78, 5) is 14.0. The summed E-state index contributed by atoms with van der Waals surface area (Å²) in [5.74, 6) is -3.08. The number of anilines is 1. The molecule has 0 saturated carbocycles. The zero-order valence-electron chi connectivity index (χ0n) is 14.7. The third-order valence-electron chi connectivity index (χ3n) is 4.81. The molecule has 1 N–H and O–H groups in total. The Morgan fingerprint density at radius 1 is 1.07 bits per heavy atom. The van der Waals surface area contributed by atoms with Gasteiger partial charge in [0.15, 0.2) is 11.6 Å². The van der Waals surface area contributed by atoms with E-state index in [9.17, 15) is 23.1 Å². The van der Waals surface area contributed by atoms with E-state index in [0.717, 1.165) is 6.07 Å². The van der Waals surface area contributed by atoms with E-state index in [4.69, 9.17) is 0 Å². The van der Waals surface area contributed by atoms with Crippen LogP contribution in [0.3, 0.4) is 0 Å². The van der Waals surface area contributed by atoms with Crippen molar-refractivity contribution in [2.24, 2.45) is 0 Å². The molecule has 2 heterocycles. The molecule has 1 saturated heterocycles. The van der Waals surface area contributed by atoms with Gasteiger partial charge in [0.25, 0.3) is 0 Å². The zero-order valence-corrected chi connectivity index (χ0v) is 15.5. The van der Waals surface area contributed by atoms with E-state index >= 15 is 0 Å². The van der Waals surface area contributed by atoms with Gasteiger partial charge in [0.1, 0.15) is 6.17 Å². The van der Waals surface area contributed by atoms with Gasteiger partial charge in [0, 0.05) is 34.7 Å². The van der Waals surface area contributed by atoms with Gasteiger partial charge in [-0.2, -0.15) is 0 Å². The van der Waals surface area contributed by atoms with Crippen molar-refractivity contribution in [3.8, 4) is 21.6 Å². The molecular formula is C21H16F3NO2S. The monoisotopic (exact) mass is 403 g/mol. The first kappa shape index (κ1) is 18.6. The summed E-state index contributed by atoms with van der Waals surface area (Å²) in [6.07, 6.45) is -0.533. The van der Waals surface area contributed by atoms with Gasteiger partial charge in [0.2, 0.25) is 0 Å². The first-order valence-electron chi connectivity index (χ1n) is 8.75. The minimum atomic E-state index is -1.11. The van der Waals surface area contributed by atoms with Crippen LogP contribution in [-0.2, 0) is 0 Å². The number of rotatable bonds is 4. The molecule has 28 heavy (non-hydrogen) atoms. The SMILES string of the molecule is O=C(O)c1ccccc1-c1sc(N2CC[C@H](F)C2)cc1-c1cccc(F)c1F. The third-order valence-corrected chi connectivity index (χ3v) is 6.03. The number of thiophene rings is 1. The minimum Gasteiger partial charge on any atom is -0.478 e. The second-order valence-electron chi connectivity index (χ2n) is 6.61. The Labute approximate surface area is 163 Å². The predicted octanol–water partition coefficient (Wildman–Crippen LogP) is 5.61. The number of benzene rings is 2. The van der Waals surface area contributed by atoms with E-state index in [2.05, 4.69) is 0 Å². The summed E-state index contributed by atoms with van der Waals surface area (Å²) in [6, 6.07) is 12.0. The van der Waals surface area contributed by atoms with Crippen molar-refractivity contribution in [2.45, 2.75) is 12.6 Å². The Morgan fingerprint density at radius 3 is 2.54 bits per heavy atom. The van der Waals surface area contributed by atoms with Crippen LogP contribution in [0, 0.1) is 11.6 Å². The zero-order chi connectivity index (χ0) is 19.8. The Morgan fingerprint density at radius 2 is 1.82 bits per heavy atom. The van der Waals surface area contributed by atoms with Crippen LogP contribution < -0.4 is 4.90 Å². The van der Waals surface area contributed by atoms with E-state index in [0.29, 0.717) is 34.0 Å². The highest BCUT2D eigenvalue weighted by Gasteiger charge is 2.27. The van der Waals surface area contributed by atoms with Crippen LogP contribution in [0.25, 0.3) is 21.6 Å². The number of carboxylic acids is 1. The molecule has 4 rings (SSSR count). The predicted molar refractivity (Wildman–Crippen MR) is 104 cm³/mol. The number of carbonyl (C=O) groups is 1. The fourth-order valence-corrected chi connectivity index (χ4v) is 4.68. The maximum Gasteiger partial charge on any atom is 0.336 e. The van der Waals surface area contributed by atoms with Crippen molar-refractivity contribution in [1.29, 1.82) is 0 Å². The molecule has 1 aliphatic heterocycles. The minimum absolute atomic E-state index is 0.0497. The number of hydrogen-bond acceptors (Lipinski definition) is 3. The first-order valence-corrected chi connectivity index (χ1v) is 9.57. The largest absolute Gasteiger partial charge is 0.478 e. The molecule has 0 bridgehead atoms. The van der Waals surface area contributed by atoms with Crippen molar-refractivity contribution in [3.63, 3.8) is 0 Å². The fourth-order valence-electron chi connectivity index (χ4n) is 3.43. The van der Waals surface area contributed by atoms with Gasteiger partial charge in [-0.15, -0.1) is 11.3 Å². The molecule has 2 aromatic carbocycles. The van der Waals surface area contributed by atoms with Gasteiger partial charge in [-0.1, -0.05) is 30.3 Å². The Bertz CT molecular complexity index is 1050. The van der Waals surface area contributed by atoms with Gasteiger partial charge in [-0.25, -0.2) is 18.0 Å². The molecule has 1 atom stereocenters. The van der Waals surface area contributed by atoms with Crippen LogP contribution in [0.1, 0.15) is 16.8 Å². The lowest BCUT2D eigenvalue weighted by atomic mass is 9.98. The van der Waals surface area contributed by atoms with Gasteiger partial charge >= 0.3 is 5.97 Å². The van der Waals surface area contributed by atoms with Crippen molar-refractivity contribution < 1.29 is 23.1 Å². The highest BCUT2D eigenvalue weighted by molar-refractivity contribution is 7.20. The average molecular weight is 403 g/mol. The van der Waals surface area contributed by atoms with Crippen molar-refractivity contribution in [3.05, 3.63) is 65.7 Å². The van der Waals surface area contributed by atoms with E-state index in [-0.39, 0.29) is 17.7 Å². The van der Waals surface area contributed by atoms with Crippen molar-refractivity contribution >= 4 is 22.3 Å². The van der Waals surface area contributed by atoms with E-state index in [1.54, 1.807) is 24.3 Å². The Hall–Kier alpha value is -2.80. The Kier molecular flexibility index (Phi) is 4.85. The standard InChI is InChI=1S/C21H16F3NO2S/c22-12-8-9-25(11-12)18-10-16(13-6-3-7-17(23)19(13)24)20(28-18)14-4-1-2-5-15(14)21(26)27/h1-7,10,12H,8-9,11H2,(H,26,27)/t12-/m0/s1. The van der Waals surface area contributed by atoms with E-state index in [1.807, 2.05) is 4.90 Å². The number of aromatic carboxylic acids is 1. The van der Waals surface area contributed by atoms with Crippen molar-refractivity contribution in [2.75, 3.05) is 18.0 Å². The van der Waals surface area contributed by atoms with Crippen LogP contribution in [0.4, 0.5) is 18.2 Å². The van der Waals surface area contributed by atoms with Crippen LogP contribution in [0.15, 0.2) is 48.5 Å². The van der Waals surface area contributed by atoms with Crippen LogP contribution in [-0.4, -0.2) is 30.3 Å². The molecule has 0 radical (unpaired) electrons. The summed E-state index contributed by atoms with van der Waals surface area (Å²) in [5, 5.41) is 10.3. The highest BCUT2D eigenvalue weighted by Crippen LogP contribution is 2.46. The second-order valence-corrected chi connectivity index (χ2v) is 7.64. The molecule has 0 aliphatic carbocycles. The summed E-state index contributed by atoms with van der Waals surface area (Å²) in [7, 11) is 0. The average Bonchev–Trinajstić information content (AvgIpc) is 3.30. The number of hydrogen-bond donors (Lipinski definition) is 1. The van der Waals surface area contributed by atoms with Gasteiger partial charge in [-0.05, 0) is 24.6 Å². The lowest BCUT2D eigenvalue weighted by Gasteiger charge is -2.14. The molecule has 0 amide bonds. The van der Waals surface area contributed by atoms with E-state index < -0.39 is 23.8 Å². The van der Waals surface area contributed by atoms with Crippen LogP contribution >= 0.6 is 11.3 Å². The van der Waals surface area contributed by atoms with E-state index in [1.165, 1.54) is 29.5 Å². The summed E-state index contributed by atoms with van der Waals surface area (Å²) < 4.78 is 42.0. The van der Waals surface area contributed by atoms with Gasteiger partial charge < -0.3 is 10.0 Å². The number of carboxylic acid groups (broad SMARTS) is 1. The number of nitrogens with zero attached hydrogens (tertiary/aromatic N) is 1. The van der Waals surface area contributed by atoms with Crippen LogP contribution in [0.5, 0.6) is 0 Å². The first-order chi connectivity index (χ1) is 13.5. The number of alkyl halides is 1. The lowest BCUT2D eigenvalue weighted by Crippen LogP contribution is -2.18.